The Morgan fingerprint density at radius 3 is 2.60 bits per heavy atom. The van der Waals surface area contributed by atoms with Crippen molar-refractivity contribution >= 4 is 0 Å². The second-order valence-electron chi connectivity index (χ2n) is 5.64. The SMILES string of the molecule is CCOC1(C(Cc2ccc(CC)cn2)NN)CCCC1. The summed E-state index contributed by atoms with van der Waals surface area (Å²) in [6, 6.07) is 4.39. The molecule has 1 atom stereocenters. The van der Waals surface area contributed by atoms with Crippen molar-refractivity contribution in [3.8, 4) is 0 Å². The van der Waals surface area contributed by atoms with Crippen LogP contribution in [0.25, 0.3) is 0 Å². The van der Waals surface area contributed by atoms with Crippen molar-refractivity contribution in [1.82, 2.24) is 10.4 Å². The Bertz CT molecular complexity index is 399. The minimum atomic E-state index is -0.116. The van der Waals surface area contributed by atoms with Gasteiger partial charge in [-0.2, -0.15) is 0 Å². The van der Waals surface area contributed by atoms with Gasteiger partial charge in [0.1, 0.15) is 0 Å². The Labute approximate surface area is 122 Å². The minimum absolute atomic E-state index is 0.116. The molecule has 112 valence electrons. The molecule has 0 radical (unpaired) electrons. The zero-order valence-corrected chi connectivity index (χ0v) is 12.7. The van der Waals surface area contributed by atoms with Crippen LogP contribution >= 0.6 is 0 Å². The van der Waals surface area contributed by atoms with Crippen LogP contribution in [-0.2, 0) is 17.6 Å². The third-order valence-corrected chi connectivity index (χ3v) is 4.43. The number of hydrogen-bond donors (Lipinski definition) is 2. The number of hydrazine groups is 1. The minimum Gasteiger partial charge on any atom is -0.374 e. The Kier molecular flexibility index (Phi) is 5.52. The maximum atomic E-state index is 6.09. The van der Waals surface area contributed by atoms with Crippen LogP contribution in [0.4, 0.5) is 0 Å². The van der Waals surface area contributed by atoms with Gasteiger partial charge in [0, 0.05) is 24.9 Å². The van der Waals surface area contributed by atoms with Crippen LogP contribution in [-0.4, -0.2) is 23.2 Å². The van der Waals surface area contributed by atoms with Crippen LogP contribution in [0.1, 0.15) is 50.8 Å². The third-order valence-electron chi connectivity index (χ3n) is 4.43. The molecule has 1 aliphatic carbocycles. The van der Waals surface area contributed by atoms with Gasteiger partial charge < -0.3 is 4.74 Å². The highest BCUT2D eigenvalue weighted by Crippen LogP contribution is 2.37. The summed E-state index contributed by atoms with van der Waals surface area (Å²) in [7, 11) is 0. The quantitative estimate of drug-likeness (QED) is 0.593. The number of pyridine rings is 1. The molecule has 0 saturated heterocycles. The number of nitrogens with two attached hydrogens (primary N) is 1. The number of aromatic nitrogens is 1. The van der Waals surface area contributed by atoms with E-state index in [0.717, 1.165) is 38.0 Å². The zero-order chi connectivity index (χ0) is 14.4. The Morgan fingerprint density at radius 1 is 1.35 bits per heavy atom. The molecule has 4 heteroatoms. The Hall–Kier alpha value is -0.970. The van der Waals surface area contributed by atoms with E-state index in [4.69, 9.17) is 10.6 Å². The van der Waals surface area contributed by atoms with Crippen molar-refractivity contribution in [3.05, 3.63) is 29.6 Å². The van der Waals surface area contributed by atoms with Crippen molar-refractivity contribution in [2.24, 2.45) is 5.84 Å². The van der Waals surface area contributed by atoms with E-state index in [1.807, 2.05) is 6.20 Å². The molecule has 20 heavy (non-hydrogen) atoms. The maximum Gasteiger partial charge on any atom is 0.0851 e. The summed E-state index contributed by atoms with van der Waals surface area (Å²) in [6.07, 6.45) is 8.42. The second kappa shape index (κ2) is 7.16. The molecule has 0 aromatic carbocycles. The van der Waals surface area contributed by atoms with E-state index < -0.39 is 0 Å². The molecule has 0 spiro atoms. The van der Waals surface area contributed by atoms with E-state index >= 15 is 0 Å². The number of hydrogen-bond acceptors (Lipinski definition) is 4. The molecule has 4 nitrogen and oxygen atoms in total. The highest BCUT2D eigenvalue weighted by atomic mass is 16.5. The lowest BCUT2D eigenvalue weighted by Gasteiger charge is -2.37. The molecule has 1 aromatic rings. The van der Waals surface area contributed by atoms with E-state index in [-0.39, 0.29) is 11.6 Å². The summed E-state index contributed by atoms with van der Waals surface area (Å²) in [5.41, 5.74) is 5.21. The van der Waals surface area contributed by atoms with Crippen LogP contribution < -0.4 is 11.3 Å². The van der Waals surface area contributed by atoms with Crippen LogP contribution in [0, 0.1) is 0 Å². The molecule has 1 saturated carbocycles. The summed E-state index contributed by atoms with van der Waals surface area (Å²) in [5.74, 6) is 5.81. The monoisotopic (exact) mass is 277 g/mol. The summed E-state index contributed by atoms with van der Waals surface area (Å²) in [4.78, 5) is 4.55. The van der Waals surface area contributed by atoms with Gasteiger partial charge in [0.2, 0.25) is 0 Å². The van der Waals surface area contributed by atoms with Crippen LogP contribution in [0.3, 0.4) is 0 Å². The van der Waals surface area contributed by atoms with Gasteiger partial charge in [-0.05, 0) is 37.8 Å². The highest BCUT2D eigenvalue weighted by molar-refractivity contribution is 5.16. The van der Waals surface area contributed by atoms with Crippen LogP contribution in [0.2, 0.25) is 0 Å². The molecule has 0 aliphatic heterocycles. The van der Waals surface area contributed by atoms with Gasteiger partial charge in [-0.1, -0.05) is 25.8 Å². The Morgan fingerprint density at radius 2 is 2.10 bits per heavy atom. The first kappa shape index (κ1) is 15.4. The van der Waals surface area contributed by atoms with Crippen molar-refractivity contribution in [1.29, 1.82) is 0 Å². The molecule has 3 N–H and O–H groups in total. The fourth-order valence-corrected chi connectivity index (χ4v) is 3.25. The van der Waals surface area contributed by atoms with Gasteiger partial charge in [0.15, 0.2) is 0 Å². The summed E-state index contributed by atoms with van der Waals surface area (Å²) in [5, 5.41) is 0. The zero-order valence-electron chi connectivity index (χ0n) is 12.7. The number of ether oxygens (including phenoxy) is 1. The van der Waals surface area contributed by atoms with Gasteiger partial charge in [-0.25, -0.2) is 0 Å². The fraction of sp³-hybridized carbons (Fsp3) is 0.688. The second-order valence-corrected chi connectivity index (χ2v) is 5.64. The average Bonchev–Trinajstić information content (AvgIpc) is 2.95. The molecule has 1 heterocycles. The first-order valence-electron chi connectivity index (χ1n) is 7.78. The normalized spacial score (nSPS) is 19.1. The molecular weight excluding hydrogens is 250 g/mol. The molecule has 2 rings (SSSR count). The fourth-order valence-electron chi connectivity index (χ4n) is 3.25. The molecule has 0 bridgehead atoms. The van der Waals surface area contributed by atoms with E-state index in [2.05, 4.69) is 36.4 Å². The average molecular weight is 277 g/mol. The summed E-state index contributed by atoms with van der Waals surface area (Å²) >= 11 is 0. The van der Waals surface area contributed by atoms with Gasteiger partial charge in [0.25, 0.3) is 0 Å². The lowest BCUT2D eigenvalue weighted by atomic mass is 9.88. The Balaban J connectivity index is 2.10. The smallest absolute Gasteiger partial charge is 0.0851 e. The standard InChI is InChI=1S/C16H27N3O/c1-3-13-7-8-14(18-12-13)11-15(19-17)16(20-4-2)9-5-6-10-16/h7-8,12,15,19H,3-6,9-11,17H2,1-2H3. The predicted molar refractivity (Wildman–Crippen MR) is 81.3 cm³/mol. The summed E-state index contributed by atoms with van der Waals surface area (Å²) < 4.78 is 6.09. The molecule has 1 aromatic heterocycles. The molecular formula is C16H27N3O. The van der Waals surface area contributed by atoms with Crippen molar-refractivity contribution in [3.63, 3.8) is 0 Å². The van der Waals surface area contributed by atoms with Gasteiger partial charge in [-0.15, -0.1) is 0 Å². The van der Waals surface area contributed by atoms with Gasteiger partial charge in [-0.3, -0.25) is 16.3 Å². The third kappa shape index (κ3) is 3.37. The highest BCUT2D eigenvalue weighted by Gasteiger charge is 2.41. The molecule has 1 fully saturated rings. The maximum absolute atomic E-state index is 6.09. The molecule has 1 aliphatic rings. The lowest BCUT2D eigenvalue weighted by molar-refractivity contribution is -0.0615. The number of nitrogens with one attached hydrogen (secondary N) is 1. The molecule has 0 amide bonds. The number of rotatable bonds is 7. The summed E-state index contributed by atoms with van der Waals surface area (Å²) in [6.45, 7) is 4.94. The molecule has 1 unspecified atom stereocenters. The number of aryl methyl sites for hydroxylation is 1. The van der Waals surface area contributed by atoms with Gasteiger partial charge in [0.05, 0.1) is 11.6 Å². The topological polar surface area (TPSA) is 60.2 Å². The van der Waals surface area contributed by atoms with Crippen LogP contribution in [0.5, 0.6) is 0 Å². The van der Waals surface area contributed by atoms with Crippen molar-refractivity contribution < 1.29 is 4.74 Å². The van der Waals surface area contributed by atoms with Crippen LogP contribution in [0.15, 0.2) is 18.3 Å². The van der Waals surface area contributed by atoms with Crippen molar-refractivity contribution in [2.45, 2.75) is 64.0 Å². The predicted octanol–water partition coefficient (Wildman–Crippen LogP) is 2.37. The first-order chi connectivity index (χ1) is 9.74. The lowest BCUT2D eigenvalue weighted by Crippen LogP contribution is -2.54. The van der Waals surface area contributed by atoms with E-state index in [1.165, 1.54) is 18.4 Å². The van der Waals surface area contributed by atoms with E-state index in [1.54, 1.807) is 0 Å². The van der Waals surface area contributed by atoms with Crippen molar-refractivity contribution in [2.75, 3.05) is 6.61 Å². The first-order valence-corrected chi connectivity index (χ1v) is 7.78. The van der Waals surface area contributed by atoms with E-state index in [9.17, 15) is 0 Å². The van der Waals surface area contributed by atoms with Gasteiger partial charge >= 0.3 is 0 Å². The number of nitrogens with zero attached hydrogens (tertiary/aromatic N) is 1. The largest absolute Gasteiger partial charge is 0.374 e. The van der Waals surface area contributed by atoms with E-state index in [0.29, 0.717) is 0 Å².